The minimum atomic E-state index is 0.154. The average Bonchev–Trinajstić information content (AvgIpc) is 2.15. The molecule has 0 spiro atoms. The van der Waals surface area contributed by atoms with Gasteiger partial charge >= 0.3 is 0 Å². The zero-order valence-corrected chi connectivity index (χ0v) is 8.89. The normalized spacial score (nSPS) is 11.9. The summed E-state index contributed by atoms with van der Waals surface area (Å²) >= 11 is 0. The van der Waals surface area contributed by atoms with Crippen LogP contribution in [0.15, 0.2) is 30.3 Å². The van der Waals surface area contributed by atoms with Crippen LogP contribution >= 0.6 is 0 Å². The maximum absolute atomic E-state index is 3.34. The van der Waals surface area contributed by atoms with Crippen LogP contribution in [0, 0.1) is 12.1 Å². The van der Waals surface area contributed by atoms with E-state index < -0.39 is 0 Å². The smallest absolute Gasteiger partial charge is 0.0120 e. The van der Waals surface area contributed by atoms with Gasteiger partial charge in [0.05, 0.1) is 0 Å². The van der Waals surface area contributed by atoms with Crippen molar-refractivity contribution in [1.82, 2.24) is 0 Å². The van der Waals surface area contributed by atoms with Gasteiger partial charge in [-0.2, -0.15) is 0 Å². The van der Waals surface area contributed by atoms with Crippen molar-refractivity contribution >= 4 is 10.8 Å². The van der Waals surface area contributed by atoms with Gasteiger partial charge in [0.25, 0.3) is 0 Å². The second kappa shape index (κ2) is 3.13. The van der Waals surface area contributed by atoms with E-state index in [1.54, 1.807) is 0 Å². The highest BCUT2D eigenvalue weighted by molar-refractivity contribution is 5.86. The molecule has 0 nitrogen and oxygen atoms in total. The lowest BCUT2D eigenvalue weighted by atomic mass is 9.84. The molecule has 70 valence electrons. The standard InChI is InChI=1S/C14H14/c1-14(2,3)13-10-6-8-11-7-4-5-9-12(11)13/h5-9H,1-3H3. The molecular formula is C14H14. The van der Waals surface area contributed by atoms with Crippen molar-refractivity contribution in [2.45, 2.75) is 26.2 Å². The monoisotopic (exact) mass is 182 g/mol. The van der Waals surface area contributed by atoms with E-state index in [0.29, 0.717) is 0 Å². The summed E-state index contributed by atoms with van der Waals surface area (Å²) < 4.78 is 0. The predicted octanol–water partition coefficient (Wildman–Crippen LogP) is 3.74. The molecule has 0 bridgehead atoms. The SMILES string of the molecule is CC(C)(C)c1[c]ccc2c[c]ccc12. The van der Waals surface area contributed by atoms with Gasteiger partial charge in [-0.15, -0.1) is 0 Å². The molecular weight excluding hydrogens is 168 g/mol. The van der Waals surface area contributed by atoms with Crippen molar-refractivity contribution in [2.24, 2.45) is 0 Å². The molecule has 0 saturated carbocycles. The largest absolute Gasteiger partial charge is 0.0560 e. The van der Waals surface area contributed by atoms with Gasteiger partial charge < -0.3 is 0 Å². The van der Waals surface area contributed by atoms with E-state index in [9.17, 15) is 0 Å². The van der Waals surface area contributed by atoms with Gasteiger partial charge in [0.1, 0.15) is 0 Å². The molecule has 2 aromatic rings. The highest BCUT2D eigenvalue weighted by Crippen LogP contribution is 2.28. The first-order valence-corrected chi connectivity index (χ1v) is 4.90. The lowest BCUT2D eigenvalue weighted by Crippen LogP contribution is -2.11. The Hall–Kier alpha value is -1.30. The van der Waals surface area contributed by atoms with Gasteiger partial charge in [0, 0.05) is 0 Å². The maximum atomic E-state index is 3.34. The van der Waals surface area contributed by atoms with E-state index in [1.165, 1.54) is 16.3 Å². The van der Waals surface area contributed by atoms with Crippen molar-refractivity contribution in [3.8, 4) is 0 Å². The number of benzene rings is 2. The lowest BCUT2D eigenvalue weighted by molar-refractivity contribution is 0.595. The van der Waals surface area contributed by atoms with E-state index in [-0.39, 0.29) is 5.41 Å². The summed E-state index contributed by atoms with van der Waals surface area (Å²) in [6.07, 6.45) is 0. The summed E-state index contributed by atoms with van der Waals surface area (Å²) in [5, 5.41) is 2.54. The fraction of sp³-hybridized carbons (Fsp3) is 0.286. The Morgan fingerprint density at radius 1 is 1.07 bits per heavy atom. The predicted molar refractivity (Wildman–Crippen MR) is 60.3 cm³/mol. The van der Waals surface area contributed by atoms with E-state index in [4.69, 9.17) is 0 Å². The molecule has 0 heterocycles. The van der Waals surface area contributed by atoms with Crippen LogP contribution in [-0.4, -0.2) is 0 Å². The molecule has 0 atom stereocenters. The van der Waals surface area contributed by atoms with E-state index in [0.717, 1.165) is 0 Å². The summed E-state index contributed by atoms with van der Waals surface area (Å²) in [5.74, 6) is 0. The molecule has 0 amide bonds. The zero-order chi connectivity index (χ0) is 10.2. The van der Waals surface area contributed by atoms with Crippen molar-refractivity contribution in [3.63, 3.8) is 0 Å². The van der Waals surface area contributed by atoms with Crippen molar-refractivity contribution < 1.29 is 0 Å². The Balaban J connectivity index is 2.78. The molecule has 2 aromatic carbocycles. The van der Waals surface area contributed by atoms with Gasteiger partial charge in [0.2, 0.25) is 0 Å². The highest BCUT2D eigenvalue weighted by Gasteiger charge is 2.16. The Morgan fingerprint density at radius 3 is 2.57 bits per heavy atom. The van der Waals surface area contributed by atoms with Crippen LogP contribution in [0.25, 0.3) is 10.8 Å². The van der Waals surface area contributed by atoms with Gasteiger partial charge in [-0.3, -0.25) is 0 Å². The van der Waals surface area contributed by atoms with E-state index in [2.05, 4.69) is 45.0 Å². The van der Waals surface area contributed by atoms with Gasteiger partial charge in [-0.05, 0) is 39.9 Å². The first-order valence-electron chi connectivity index (χ1n) is 4.90. The number of hydrogen-bond acceptors (Lipinski definition) is 0. The van der Waals surface area contributed by atoms with Crippen LogP contribution in [0.4, 0.5) is 0 Å². The Bertz CT molecular complexity index is 442. The topological polar surface area (TPSA) is 0 Å². The van der Waals surface area contributed by atoms with Crippen LogP contribution in [0.1, 0.15) is 26.3 Å². The summed E-state index contributed by atoms with van der Waals surface area (Å²) in [6.45, 7) is 6.65. The molecule has 0 heteroatoms. The van der Waals surface area contributed by atoms with Crippen LogP contribution in [-0.2, 0) is 5.41 Å². The minimum absolute atomic E-state index is 0.154. The second-order valence-electron chi connectivity index (χ2n) is 4.62. The lowest BCUT2D eigenvalue weighted by Gasteiger charge is -2.20. The van der Waals surface area contributed by atoms with Crippen molar-refractivity contribution in [2.75, 3.05) is 0 Å². The Morgan fingerprint density at radius 2 is 1.86 bits per heavy atom. The van der Waals surface area contributed by atoms with Crippen LogP contribution in [0.5, 0.6) is 0 Å². The van der Waals surface area contributed by atoms with Crippen molar-refractivity contribution in [1.29, 1.82) is 0 Å². The van der Waals surface area contributed by atoms with Gasteiger partial charge in [-0.25, -0.2) is 0 Å². The molecule has 0 aliphatic carbocycles. The molecule has 14 heavy (non-hydrogen) atoms. The highest BCUT2D eigenvalue weighted by atomic mass is 14.2. The first-order chi connectivity index (χ1) is 6.59. The number of hydrogen-bond donors (Lipinski definition) is 0. The summed E-state index contributed by atoms with van der Waals surface area (Å²) in [4.78, 5) is 0. The number of fused-ring (bicyclic) bond motifs is 1. The van der Waals surface area contributed by atoms with Gasteiger partial charge in [-0.1, -0.05) is 45.0 Å². The first kappa shape index (κ1) is 9.26. The molecule has 0 fully saturated rings. The molecule has 0 N–H and O–H groups in total. The summed E-state index contributed by atoms with van der Waals surface area (Å²) in [6, 6.07) is 16.6. The third-order valence-electron chi connectivity index (χ3n) is 2.41. The molecule has 2 rings (SSSR count). The van der Waals surface area contributed by atoms with E-state index in [1.807, 2.05) is 18.2 Å². The minimum Gasteiger partial charge on any atom is -0.0560 e. The van der Waals surface area contributed by atoms with Crippen LogP contribution < -0.4 is 0 Å². The fourth-order valence-corrected chi connectivity index (χ4v) is 1.72. The fourth-order valence-electron chi connectivity index (χ4n) is 1.72. The maximum Gasteiger partial charge on any atom is -0.0120 e. The zero-order valence-electron chi connectivity index (χ0n) is 8.89. The second-order valence-corrected chi connectivity index (χ2v) is 4.62. The van der Waals surface area contributed by atoms with Gasteiger partial charge in [0.15, 0.2) is 0 Å². The van der Waals surface area contributed by atoms with Crippen LogP contribution in [0.3, 0.4) is 0 Å². The third kappa shape index (κ3) is 1.52. The third-order valence-corrected chi connectivity index (χ3v) is 2.41. The van der Waals surface area contributed by atoms with Crippen molar-refractivity contribution in [3.05, 3.63) is 48.0 Å². The molecule has 0 aliphatic heterocycles. The van der Waals surface area contributed by atoms with Crippen LogP contribution in [0.2, 0.25) is 0 Å². The molecule has 0 aliphatic rings. The number of rotatable bonds is 0. The quantitative estimate of drug-likeness (QED) is 0.582. The van der Waals surface area contributed by atoms with E-state index >= 15 is 0 Å². The summed E-state index contributed by atoms with van der Waals surface area (Å²) in [7, 11) is 0. The molecule has 2 radical (unpaired) electrons. The average molecular weight is 182 g/mol. The Labute approximate surface area is 85.6 Å². The molecule has 0 unspecified atom stereocenters. The summed E-state index contributed by atoms with van der Waals surface area (Å²) in [5.41, 5.74) is 1.44. The Kier molecular flexibility index (Phi) is 2.07. The molecule has 0 saturated heterocycles. The molecule has 0 aromatic heterocycles.